The molecule has 0 bridgehead atoms. The lowest BCUT2D eigenvalue weighted by Crippen LogP contribution is -2.33. The van der Waals surface area contributed by atoms with Crippen LogP contribution in [0.3, 0.4) is 0 Å². The van der Waals surface area contributed by atoms with Crippen LogP contribution in [-0.2, 0) is 0 Å². The van der Waals surface area contributed by atoms with E-state index in [0.717, 1.165) is 12.1 Å². The van der Waals surface area contributed by atoms with E-state index in [0.29, 0.717) is 5.56 Å². The SMILES string of the molecule is CC(Cl)CC(C)NC(=O)c1cnn(-c2ccccc2)c1. The molecule has 2 rings (SSSR count). The van der Waals surface area contributed by atoms with Crippen molar-refractivity contribution in [2.75, 3.05) is 0 Å². The summed E-state index contributed by atoms with van der Waals surface area (Å²) in [7, 11) is 0. The van der Waals surface area contributed by atoms with Crippen molar-refractivity contribution in [3.8, 4) is 5.69 Å². The molecular weight excluding hydrogens is 274 g/mol. The van der Waals surface area contributed by atoms with E-state index < -0.39 is 0 Å². The van der Waals surface area contributed by atoms with Crippen molar-refractivity contribution in [2.45, 2.75) is 31.7 Å². The molecule has 0 aliphatic carbocycles. The van der Waals surface area contributed by atoms with Crippen molar-refractivity contribution in [1.82, 2.24) is 15.1 Å². The van der Waals surface area contributed by atoms with Crippen molar-refractivity contribution in [1.29, 1.82) is 0 Å². The van der Waals surface area contributed by atoms with Gasteiger partial charge in [-0.2, -0.15) is 5.10 Å². The molecule has 1 aromatic heterocycles. The third-order valence-corrected chi connectivity index (χ3v) is 3.10. The molecule has 1 aromatic carbocycles. The van der Waals surface area contributed by atoms with Gasteiger partial charge >= 0.3 is 0 Å². The van der Waals surface area contributed by atoms with Crippen LogP contribution in [0.15, 0.2) is 42.7 Å². The minimum atomic E-state index is -0.128. The summed E-state index contributed by atoms with van der Waals surface area (Å²) in [5.74, 6) is -0.128. The Morgan fingerprint density at radius 3 is 2.70 bits per heavy atom. The monoisotopic (exact) mass is 291 g/mol. The summed E-state index contributed by atoms with van der Waals surface area (Å²) in [4.78, 5) is 12.1. The van der Waals surface area contributed by atoms with Crippen LogP contribution in [0.2, 0.25) is 0 Å². The highest BCUT2D eigenvalue weighted by Crippen LogP contribution is 2.09. The fourth-order valence-electron chi connectivity index (χ4n) is 2.02. The molecule has 5 heteroatoms. The molecule has 4 nitrogen and oxygen atoms in total. The predicted molar refractivity (Wildman–Crippen MR) is 80.4 cm³/mol. The molecule has 0 spiro atoms. The van der Waals surface area contributed by atoms with Crippen LogP contribution < -0.4 is 5.32 Å². The lowest BCUT2D eigenvalue weighted by atomic mass is 10.2. The van der Waals surface area contributed by atoms with Gasteiger partial charge in [-0.1, -0.05) is 18.2 Å². The Morgan fingerprint density at radius 2 is 2.05 bits per heavy atom. The van der Waals surface area contributed by atoms with E-state index >= 15 is 0 Å². The third kappa shape index (κ3) is 3.84. The van der Waals surface area contributed by atoms with Crippen molar-refractivity contribution >= 4 is 17.5 Å². The fraction of sp³-hybridized carbons (Fsp3) is 0.333. The Morgan fingerprint density at radius 1 is 1.35 bits per heavy atom. The van der Waals surface area contributed by atoms with Gasteiger partial charge in [0.15, 0.2) is 0 Å². The number of para-hydroxylation sites is 1. The lowest BCUT2D eigenvalue weighted by Gasteiger charge is -2.14. The zero-order chi connectivity index (χ0) is 14.5. The molecule has 1 N–H and O–H groups in total. The van der Waals surface area contributed by atoms with Gasteiger partial charge in [-0.15, -0.1) is 11.6 Å². The summed E-state index contributed by atoms with van der Waals surface area (Å²) in [5, 5.41) is 7.16. The van der Waals surface area contributed by atoms with Crippen LogP contribution in [0.1, 0.15) is 30.6 Å². The number of hydrogen-bond donors (Lipinski definition) is 1. The van der Waals surface area contributed by atoms with Gasteiger partial charge in [0, 0.05) is 17.6 Å². The van der Waals surface area contributed by atoms with E-state index in [4.69, 9.17) is 11.6 Å². The minimum absolute atomic E-state index is 0.0371. The molecule has 2 unspecified atom stereocenters. The number of alkyl halides is 1. The first-order valence-electron chi connectivity index (χ1n) is 6.61. The van der Waals surface area contributed by atoms with E-state index in [1.807, 2.05) is 44.2 Å². The topological polar surface area (TPSA) is 46.9 Å². The Balaban J connectivity index is 2.04. The molecule has 0 saturated heterocycles. The molecule has 1 amide bonds. The average Bonchev–Trinajstić information content (AvgIpc) is 2.88. The van der Waals surface area contributed by atoms with E-state index in [-0.39, 0.29) is 17.3 Å². The molecule has 0 fully saturated rings. The summed E-state index contributed by atoms with van der Waals surface area (Å²) in [5.41, 5.74) is 1.47. The number of nitrogens with one attached hydrogen (secondary N) is 1. The van der Waals surface area contributed by atoms with E-state index in [1.165, 1.54) is 0 Å². The van der Waals surface area contributed by atoms with Gasteiger partial charge in [0.25, 0.3) is 5.91 Å². The molecule has 0 aliphatic rings. The van der Waals surface area contributed by atoms with Crippen LogP contribution in [0.25, 0.3) is 5.69 Å². The third-order valence-electron chi connectivity index (χ3n) is 2.92. The first kappa shape index (κ1) is 14.6. The maximum absolute atomic E-state index is 12.1. The van der Waals surface area contributed by atoms with Gasteiger partial charge in [-0.3, -0.25) is 4.79 Å². The molecule has 0 saturated carbocycles. The second kappa shape index (κ2) is 6.57. The quantitative estimate of drug-likeness (QED) is 0.861. The summed E-state index contributed by atoms with van der Waals surface area (Å²) in [6.45, 7) is 3.86. The van der Waals surface area contributed by atoms with Crippen LogP contribution in [0.5, 0.6) is 0 Å². The minimum Gasteiger partial charge on any atom is -0.349 e. The molecule has 0 radical (unpaired) electrons. The highest BCUT2D eigenvalue weighted by Gasteiger charge is 2.13. The number of benzene rings is 1. The molecular formula is C15H18ClN3O. The summed E-state index contributed by atoms with van der Waals surface area (Å²) in [6, 6.07) is 9.71. The smallest absolute Gasteiger partial charge is 0.254 e. The maximum Gasteiger partial charge on any atom is 0.254 e. The van der Waals surface area contributed by atoms with Gasteiger partial charge in [-0.05, 0) is 32.4 Å². The van der Waals surface area contributed by atoms with Gasteiger partial charge in [-0.25, -0.2) is 4.68 Å². The highest BCUT2D eigenvalue weighted by molar-refractivity contribution is 6.20. The van der Waals surface area contributed by atoms with Crippen LogP contribution in [-0.4, -0.2) is 27.1 Å². The second-order valence-corrected chi connectivity index (χ2v) is 5.65. The van der Waals surface area contributed by atoms with Gasteiger partial charge in [0.1, 0.15) is 0 Å². The normalized spacial score (nSPS) is 13.8. The van der Waals surface area contributed by atoms with Crippen LogP contribution in [0, 0.1) is 0 Å². The van der Waals surface area contributed by atoms with Crippen molar-refractivity contribution in [3.63, 3.8) is 0 Å². The molecule has 1 heterocycles. The summed E-state index contributed by atoms with van der Waals surface area (Å²) >= 11 is 5.92. The molecule has 0 aliphatic heterocycles. The largest absolute Gasteiger partial charge is 0.349 e. The number of halogens is 1. The van der Waals surface area contributed by atoms with Gasteiger partial charge < -0.3 is 5.32 Å². The first-order valence-corrected chi connectivity index (χ1v) is 7.05. The van der Waals surface area contributed by atoms with Crippen LogP contribution >= 0.6 is 11.6 Å². The lowest BCUT2D eigenvalue weighted by molar-refractivity contribution is 0.0938. The van der Waals surface area contributed by atoms with Gasteiger partial charge in [0.2, 0.25) is 0 Å². The number of carbonyl (C=O) groups excluding carboxylic acids is 1. The second-order valence-electron chi connectivity index (χ2n) is 4.90. The Hall–Kier alpha value is -1.81. The summed E-state index contributed by atoms with van der Waals surface area (Å²) in [6.07, 6.45) is 4.03. The Kier molecular flexibility index (Phi) is 4.79. The Bertz CT molecular complexity index is 566. The first-order chi connectivity index (χ1) is 9.56. The zero-order valence-corrected chi connectivity index (χ0v) is 12.3. The van der Waals surface area contributed by atoms with Crippen molar-refractivity contribution in [2.24, 2.45) is 0 Å². The molecule has 2 aromatic rings. The van der Waals surface area contributed by atoms with Crippen LogP contribution in [0.4, 0.5) is 0 Å². The predicted octanol–water partition coefficient (Wildman–Crippen LogP) is 3.01. The van der Waals surface area contributed by atoms with E-state index in [9.17, 15) is 4.79 Å². The number of aromatic nitrogens is 2. The number of hydrogen-bond acceptors (Lipinski definition) is 2. The number of rotatable bonds is 5. The maximum atomic E-state index is 12.1. The Labute approximate surface area is 123 Å². The molecule has 2 atom stereocenters. The number of nitrogens with zero attached hydrogens (tertiary/aromatic N) is 2. The molecule has 106 valence electrons. The number of amides is 1. The van der Waals surface area contributed by atoms with Crippen molar-refractivity contribution < 1.29 is 4.79 Å². The highest BCUT2D eigenvalue weighted by atomic mass is 35.5. The van der Waals surface area contributed by atoms with Crippen molar-refractivity contribution in [3.05, 3.63) is 48.3 Å². The van der Waals surface area contributed by atoms with Gasteiger partial charge in [0.05, 0.1) is 17.4 Å². The fourth-order valence-corrected chi connectivity index (χ4v) is 2.28. The van der Waals surface area contributed by atoms with E-state index in [2.05, 4.69) is 10.4 Å². The zero-order valence-electron chi connectivity index (χ0n) is 11.6. The molecule has 20 heavy (non-hydrogen) atoms. The average molecular weight is 292 g/mol. The van der Waals surface area contributed by atoms with E-state index in [1.54, 1.807) is 17.1 Å². The standard InChI is InChI=1S/C15H18ClN3O/c1-11(16)8-12(2)18-15(20)13-9-17-19(10-13)14-6-4-3-5-7-14/h3-7,9-12H,8H2,1-2H3,(H,18,20). The summed E-state index contributed by atoms with van der Waals surface area (Å²) < 4.78 is 1.68. The number of carbonyl (C=O) groups is 1.